The van der Waals surface area contributed by atoms with Gasteiger partial charge < -0.3 is 10.1 Å². The van der Waals surface area contributed by atoms with Gasteiger partial charge in [0.15, 0.2) is 0 Å². The summed E-state index contributed by atoms with van der Waals surface area (Å²) in [6.07, 6.45) is 2.66. The number of amides is 1. The Kier molecular flexibility index (Phi) is 6.41. The van der Waals surface area contributed by atoms with E-state index in [0.717, 1.165) is 24.2 Å². The van der Waals surface area contributed by atoms with Crippen LogP contribution in [0.3, 0.4) is 0 Å². The average molecular weight is 340 g/mol. The first-order chi connectivity index (χ1) is 11.0. The molecule has 1 amide bonds. The minimum absolute atomic E-state index is 0.0600. The third-order valence-electron chi connectivity index (χ3n) is 3.94. The van der Waals surface area contributed by atoms with Gasteiger partial charge in [-0.25, -0.2) is 12.7 Å². The summed E-state index contributed by atoms with van der Waals surface area (Å²) in [6, 6.07) is 7.61. The summed E-state index contributed by atoms with van der Waals surface area (Å²) in [5, 5.41) is 2.79. The summed E-state index contributed by atoms with van der Waals surface area (Å²) in [4.78, 5) is 11.8. The Morgan fingerprint density at radius 1 is 1.26 bits per heavy atom. The summed E-state index contributed by atoms with van der Waals surface area (Å²) in [5.41, 5.74) is 1.07. The fourth-order valence-corrected chi connectivity index (χ4v) is 4.15. The summed E-state index contributed by atoms with van der Waals surface area (Å²) in [6.45, 7) is 1.28. The first-order valence-corrected chi connectivity index (χ1v) is 9.49. The number of sulfonamides is 1. The van der Waals surface area contributed by atoms with E-state index in [1.54, 1.807) is 7.11 Å². The van der Waals surface area contributed by atoms with Gasteiger partial charge in [0.25, 0.3) is 0 Å². The van der Waals surface area contributed by atoms with Gasteiger partial charge in [-0.3, -0.25) is 4.79 Å². The standard InChI is InChI=1S/C16H24N2O4S/c1-22-15-7-4-14(5-8-15)6-9-16(19)17-10-12-18-11-2-3-13-23(18,20)21/h4-5,7-8H,2-3,6,9-13H2,1H3,(H,17,19). The van der Waals surface area contributed by atoms with Crippen molar-refractivity contribution in [1.82, 2.24) is 9.62 Å². The lowest BCUT2D eigenvalue weighted by atomic mass is 10.1. The molecule has 0 bridgehead atoms. The van der Waals surface area contributed by atoms with Crippen LogP contribution in [0.4, 0.5) is 0 Å². The van der Waals surface area contributed by atoms with Gasteiger partial charge in [-0.2, -0.15) is 0 Å². The van der Waals surface area contributed by atoms with Crippen LogP contribution in [0.2, 0.25) is 0 Å². The number of carbonyl (C=O) groups is 1. The smallest absolute Gasteiger partial charge is 0.220 e. The molecule has 6 nitrogen and oxygen atoms in total. The molecule has 1 aromatic carbocycles. The molecule has 0 aromatic heterocycles. The maximum absolute atomic E-state index is 11.8. The molecule has 23 heavy (non-hydrogen) atoms. The Hall–Kier alpha value is -1.60. The Labute approximate surface area is 137 Å². The van der Waals surface area contributed by atoms with Gasteiger partial charge in [-0.1, -0.05) is 12.1 Å². The second-order valence-electron chi connectivity index (χ2n) is 5.62. The first kappa shape index (κ1) is 17.7. The van der Waals surface area contributed by atoms with Crippen LogP contribution in [0.5, 0.6) is 5.75 Å². The Bertz CT molecular complexity index is 613. The van der Waals surface area contributed by atoms with Crippen molar-refractivity contribution < 1.29 is 17.9 Å². The van der Waals surface area contributed by atoms with Crippen LogP contribution >= 0.6 is 0 Å². The predicted molar refractivity (Wildman–Crippen MR) is 88.9 cm³/mol. The number of nitrogens with zero attached hydrogens (tertiary/aromatic N) is 1. The average Bonchev–Trinajstić information content (AvgIpc) is 2.55. The van der Waals surface area contributed by atoms with E-state index in [1.165, 1.54) is 4.31 Å². The number of ether oxygens (including phenoxy) is 1. The van der Waals surface area contributed by atoms with E-state index < -0.39 is 10.0 Å². The van der Waals surface area contributed by atoms with Gasteiger partial charge in [0.1, 0.15) is 5.75 Å². The first-order valence-electron chi connectivity index (χ1n) is 7.89. The van der Waals surface area contributed by atoms with Crippen LogP contribution < -0.4 is 10.1 Å². The second kappa shape index (κ2) is 8.31. The molecule has 2 rings (SSSR count). The van der Waals surface area contributed by atoms with E-state index in [-0.39, 0.29) is 11.7 Å². The third-order valence-corrected chi connectivity index (χ3v) is 5.89. The molecular weight excluding hydrogens is 316 g/mol. The molecule has 1 aliphatic rings. The number of hydrogen-bond donors (Lipinski definition) is 1. The molecule has 0 saturated carbocycles. The van der Waals surface area contributed by atoms with Crippen LogP contribution in [0, 0.1) is 0 Å². The zero-order valence-corrected chi connectivity index (χ0v) is 14.3. The number of rotatable bonds is 7. The maximum Gasteiger partial charge on any atom is 0.220 e. The van der Waals surface area contributed by atoms with E-state index in [4.69, 9.17) is 4.74 Å². The fraction of sp³-hybridized carbons (Fsp3) is 0.562. The molecule has 128 valence electrons. The van der Waals surface area contributed by atoms with Crippen molar-refractivity contribution in [3.63, 3.8) is 0 Å². The van der Waals surface area contributed by atoms with E-state index >= 15 is 0 Å². The van der Waals surface area contributed by atoms with E-state index in [0.29, 0.717) is 32.5 Å². The van der Waals surface area contributed by atoms with Crippen LogP contribution in [-0.4, -0.2) is 51.1 Å². The molecule has 1 fully saturated rings. The molecule has 1 N–H and O–H groups in total. The van der Waals surface area contributed by atoms with E-state index in [1.807, 2.05) is 24.3 Å². The molecule has 0 unspecified atom stereocenters. The van der Waals surface area contributed by atoms with Gasteiger partial charge in [-0.15, -0.1) is 0 Å². The normalized spacial score (nSPS) is 17.6. The van der Waals surface area contributed by atoms with Crippen molar-refractivity contribution >= 4 is 15.9 Å². The van der Waals surface area contributed by atoms with Crippen LogP contribution in [0.15, 0.2) is 24.3 Å². The van der Waals surface area contributed by atoms with Crippen molar-refractivity contribution in [1.29, 1.82) is 0 Å². The minimum atomic E-state index is -3.11. The van der Waals surface area contributed by atoms with Crippen molar-refractivity contribution in [2.24, 2.45) is 0 Å². The highest BCUT2D eigenvalue weighted by Crippen LogP contribution is 2.13. The highest BCUT2D eigenvalue weighted by atomic mass is 32.2. The summed E-state index contributed by atoms with van der Waals surface area (Å²) in [5.74, 6) is 0.953. The number of methoxy groups -OCH3 is 1. The number of aryl methyl sites for hydroxylation is 1. The SMILES string of the molecule is COc1ccc(CCC(=O)NCCN2CCCCS2(=O)=O)cc1. The summed E-state index contributed by atoms with van der Waals surface area (Å²) < 4.78 is 30.2. The topological polar surface area (TPSA) is 75.7 Å². The monoisotopic (exact) mass is 340 g/mol. The number of benzene rings is 1. The predicted octanol–water partition coefficient (Wildman–Crippen LogP) is 1.17. The van der Waals surface area contributed by atoms with Gasteiger partial charge in [0.05, 0.1) is 12.9 Å². The molecule has 1 saturated heterocycles. The molecule has 1 aromatic rings. The molecule has 1 aliphatic heterocycles. The van der Waals surface area contributed by atoms with Crippen molar-refractivity contribution in [2.75, 3.05) is 32.5 Å². The third kappa shape index (κ3) is 5.51. The quantitative estimate of drug-likeness (QED) is 0.808. The Morgan fingerprint density at radius 3 is 2.65 bits per heavy atom. The zero-order valence-electron chi connectivity index (χ0n) is 13.5. The van der Waals surface area contributed by atoms with Crippen LogP contribution in [0.1, 0.15) is 24.8 Å². The van der Waals surface area contributed by atoms with Crippen LogP contribution in [-0.2, 0) is 21.2 Å². The van der Waals surface area contributed by atoms with Gasteiger partial charge >= 0.3 is 0 Å². The zero-order chi connectivity index (χ0) is 16.7. The van der Waals surface area contributed by atoms with Crippen molar-refractivity contribution in [3.8, 4) is 5.75 Å². The fourth-order valence-electron chi connectivity index (χ4n) is 2.55. The minimum Gasteiger partial charge on any atom is -0.497 e. The Balaban J connectivity index is 1.68. The number of nitrogens with one attached hydrogen (secondary N) is 1. The molecule has 1 heterocycles. The number of carbonyl (C=O) groups excluding carboxylic acids is 1. The van der Waals surface area contributed by atoms with E-state index in [2.05, 4.69) is 5.32 Å². The molecule has 7 heteroatoms. The molecule has 0 radical (unpaired) electrons. The van der Waals surface area contributed by atoms with Crippen molar-refractivity contribution in [3.05, 3.63) is 29.8 Å². The lowest BCUT2D eigenvalue weighted by Gasteiger charge is -2.26. The summed E-state index contributed by atoms with van der Waals surface area (Å²) >= 11 is 0. The van der Waals surface area contributed by atoms with Gasteiger partial charge in [-0.05, 0) is 37.0 Å². The van der Waals surface area contributed by atoms with Gasteiger partial charge in [0.2, 0.25) is 15.9 Å². The summed E-state index contributed by atoms with van der Waals surface area (Å²) in [7, 11) is -1.50. The number of hydrogen-bond acceptors (Lipinski definition) is 4. The molecule has 0 spiro atoms. The molecule has 0 atom stereocenters. The second-order valence-corrected chi connectivity index (χ2v) is 7.71. The van der Waals surface area contributed by atoms with E-state index in [9.17, 15) is 13.2 Å². The molecular formula is C16H24N2O4S. The van der Waals surface area contributed by atoms with Gasteiger partial charge in [0, 0.05) is 26.1 Å². The Morgan fingerprint density at radius 2 is 2.00 bits per heavy atom. The highest BCUT2D eigenvalue weighted by Gasteiger charge is 2.24. The molecule has 0 aliphatic carbocycles. The highest BCUT2D eigenvalue weighted by molar-refractivity contribution is 7.89. The van der Waals surface area contributed by atoms with Crippen molar-refractivity contribution in [2.45, 2.75) is 25.7 Å². The largest absolute Gasteiger partial charge is 0.497 e. The maximum atomic E-state index is 11.8. The lowest BCUT2D eigenvalue weighted by Crippen LogP contribution is -2.42. The van der Waals surface area contributed by atoms with Crippen LogP contribution in [0.25, 0.3) is 0 Å². The lowest BCUT2D eigenvalue weighted by molar-refractivity contribution is -0.121.